The van der Waals surface area contributed by atoms with Crippen LogP contribution in [0.1, 0.15) is 122 Å². The van der Waals surface area contributed by atoms with Gasteiger partial charge in [-0.15, -0.1) is 0 Å². The molecule has 0 bridgehead atoms. The molecule has 0 fully saturated rings. The maximum atomic E-state index is 7.10. The summed E-state index contributed by atoms with van der Waals surface area (Å²) in [6, 6.07) is 81.5. The quantitative estimate of drug-likeness (QED) is 0.175. The molecule has 10 aromatic carbocycles. The molecule has 0 amide bonds. The van der Waals surface area contributed by atoms with Crippen LogP contribution in [0.3, 0.4) is 0 Å². The average Bonchev–Trinajstić information content (AvgIpc) is 4.20. The number of rotatable bonds is 3. The first-order valence-corrected chi connectivity index (χ1v) is 27.9. The second kappa shape index (κ2) is 15.6. The third-order valence-corrected chi connectivity index (χ3v) is 19.1. The number of hydrogen-bond donors (Lipinski definition) is 0. The third kappa shape index (κ3) is 5.95. The van der Waals surface area contributed by atoms with Crippen LogP contribution < -0.4 is 9.64 Å². The zero-order chi connectivity index (χ0) is 51.7. The maximum absolute atomic E-state index is 7.10. The van der Waals surface area contributed by atoms with E-state index in [1.165, 1.54) is 110 Å². The van der Waals surface area contributed by atoms with Crippen molar-refractivity contribution < 1.29 is 4.74 Å². The molecule has 2 nitrogen and oxygen atoms in total. The van der Waals surface area contributed by atoms with Gasteiger partial charge < -0.3 is 9.64 Å². The van der Waals surface area contributed by atoms with Crippen molar-refractivity contribution in [2.45, 2.75) is 92.3 Å². The predicted octanol–water partition coefficient (Wildman–Crippen LogP) is 19.4. The lowest BCUT2D eigenvalue weighted by molar-refractivity contribution is 0.433. The lowest BCUT2D eigenvalue weighted by Crippen LogP contribution is -2.33. The van der Waals surface area contributed by atoms with E-state index in [2.05, 4.69) is 273 Å². The Balaban J connectivity index is 1.05. The van der Waals surface area contributed by atoms with Gasteiger partial charge in [0.25, 0.3) is 0 Å². The van der Waals surface area contributed by atoms with E-state index in [9.17, 15) is 0 Å². The normalized spacial score (nSPS) is 15.7. The monoisotopic (exact) mass is 997 g/mol. The summed E-state index contributed by atoms with van der Waals surface area (Å²) in [5, 5.41) is 0. The van der Waals surface area contributed by atoms with E-state index in [0.717, 1.165) is 28.6 Å². The first kappa shape index (κ1) is 45.5. The van der Waals surface area contributed by atoms with E-state index in [1.807, 2.05) is 11.8 Å². The molecule has 2 aliphatic heterocycles. The molecule has 0 radical (unpaired) electrons. The molecule has 3 heteroatoms. The molecule has 0 aromatic heterocycles. The molecule has 15 rings (SSSR count). The highest BCUT2D eigenvalue weighted by molar-refractivity contribution is 7.99. The van der Waals surface area contributed by atoms with Crippen molar-refractivity contribution in [1.82, 2.24) is 0 Å². The van der Waals surface area contributed by atoms with Crippen molar-refractivity contribution in [3.63, 3.8) is 0 Å². The molecule has 76 heavy (non-hydrogen) atoms. The summed E-state index contributed by atoms with van der Waals surface area (Å²) < 4.78 is 7.10. The molecule has 0 unspecified atom stereocenters. The Morgan fingerprint density at radius 1 is 0.355 bits per heavy atom. The number of nitrogens with zero attached hydrogens (tertiary/aromatic N) is 1. The molecule has 10 aromatic rings. The summed E-state index contributed by atoms with van der Waals surface area (Å²) >= 11 is 1.90. The summed E-state index contributed by atoms with van der Waals surface area (Å²) in [6.07, 6.45) is 0. The van der Waals surface area contributed by atoms with Gasteiger partial charge in [-0.3, -0.25) is 0 Å². The minimum Gasteiger partial charge on any atom is -0.457 e. The van der Waals surface area contributed by atoms with Gasteiger partial charge in [-0.05, 0) is 161 Å². The van der Waals surface area contributed by atoms with E-state index in [0.29, 0.717) is 0 Å². The van der Waals surface area contributed by atoms with Crippen LogP contribution in [-0.2, 0) is 27.1 Å². The molecule has 2 heterocycles. The Hall–Kier alpha value is -7.85. The Labute approximate surface area is 452 Å². The van der Waals surface area contributed by atoms with E-state index >= 15 is 0 Å². The Morgan fingerprint density at radius 2 is 0.789 bits per heavy atom. The van der Waals surface area contributed by atoms with Crippen LogP contribution in [0.15, 0.2) is 222 Å². The molecular formula is C73H59NOS. The highest BCUT2D eigenvalue weighted by Gasteiger charge is 2.54. The SMILES string of the molecule is CC(C)(C)c1ccc2c(c1)C1(c3cc(C(C)(C)C)ccc3O2)c2ccccc2-c2c(N(c3ccc4c(c3)C(C)(C)c3ccccc3-4)c3ccc4c(c3)C3(c5ccccc5Sc5ccccc53)c3ccccc3-4)cccc21. The van der Waals surface area contributed by atoms with Crippen molar-refractivity contribution in [2.24, 2.45) is 0 Å². The van der Waals surface area contributed by atoms with Crippen molar-refractivity contribution >= 4 is 28.8 Å². The van der Waals surface area contributed by atoms with Crippen LogP contribution in [0, 0.1) is 0 Å². The first-order chi connectivity index (χ1) is 36.7. The standard InChI is InChI=1S/C73H59NOS/c1-69(2,3)44-32-38-64-61(40-44)73(62-41-45(70(4,5)6)33-39-65(62)75-64)55-25-14-11-22-52(55)68-58(73)28-19-29-63(68)74(46-34-36-50-48-20-9-12-23-53(48)71(7,8)59(50)42-46)47-35-37-51-49-21-10-13-24-54(49)72(60(51)43-47)56-26-15-17-30-66(56)76-67-31-18-16-27-57(67)72/h9-43H,1-8H3. The molecule has 0 saturated heterocycles. The molecule has 3 aliphatic carbocycles. The highest BCUT2D eigenvalue weighted by atomic mass is 32.2. The van der Waals surface area contributed by atoms with Gasteiger partial charge in [-0.25, -0.2) is 0 Å². The zero-order valence-corrected chi connectivity index (χ0v) is 45.3. The summed E-state index contributed by atoms with van der Waals surface area (Å²) in [6.45, 7) is 18.7. The van der Waals surface area contributed by atoms with Gasteiger partial charge in [-0.2, -0.15) is 0 Å². The van der Waals surface area contributed by atoms with Crippen LogP contribution in [-0.4, -0.2) is 0 Å². The smallest absolute Gasteiger partial charge is 0.132 e. The van der Waals surface area contributed by atoms with E-state index < -0.39 is 10.8 Å². The van der Waals surface area contributed by atoms with Gasteiger partial charge >= 0.3 is 0 Å². The Bertz CT molecular complexity index is 4030. The fourth-order valence-electron chi connectivity index (χ4n) is 14.3. The minimum atomic E-state index is -0.683. The van der Waals surface area contributed by atoms with Gasteiger partial charge in [0.2, 0.25) is 0 Å². The van der Waals surface area contributed by atoms with E-state index in [4.69, 9.17) is 4.74 Å². The minimum absolute atomic E-state index is 0.0903. The molecule has 0 N–H and O–H groups in total. The van der Waals surface area contributed by atoms with Gasteiger partial charge in [0.05, 0.1) is 16.5 Å². The number of fused-ring (bicyclic) bond motifs is 21. The van der Waals surface area contributed by atoms with E-state index in [-0.39, 0.29) is 16.2 Å². The highest BCUT2D eigenvalue weighted by Crippen LogP contribution is 2.67. The lowest BCUT2D eigenvalue weighted by Gasteiger charge is -2.41. The molecule has 0 saturated carbocycles. The Kier molecular flexibility index (Phi) is 9.36. The Morgan fingerprint density at radius 3 is 1.37 bits per heavy atom. The maximum Gasteiger partial charge on any atom is 0.132 e. The summed E-state index contributed by atoms with van der Waals surface area (Å²) in [5.41, 5.74) is 25.0. The van der Waals surface area contributed by atoms with Gasteiger partial charge in [0.1, 0.15) is 11.5 Å². The van der Waals surface area contributed by atoms with Gasteiger partial charge in [-0.1, -0.05) is 213 Å². The number of anilines is 3. The van der Waals surface area contributed by atoms with Crippen molar-refractivity contribution in [2.75, 3.05) is 4.90 Å². The largest absolute Gasteiger partial charge is 0.457 e. The number of benzene rings is 10. The summed E-state index contributed by atoms with van der Waals surface area (Å²) in [5.74, 6) is 1.81. The predicted molar refractivity (Wildman–Crippen MR) is 315 cm³/mol. The summed E-state index contributed by atoms with van der Waals surface area (Å²) in [7, 11) is 0. The third-order valence-electron chi connectivity index (χ3n) is 17.9. The van der Waals surface area contributed by atoms with Crippen molar-refractivity contribution in [3.8, 4) is 44.9 Å². The van der Waals surface area contributed by atoms with Crippen LogP contribution in [0.2, 0.25) is 0 Å². The zero-order valence-electron chi connectivity index (χ0n) is 44.5. The van der Waals surface area contributed by atoms with Gasteiger partial charge in [0.15, 0.2) is 0 Å². The molecule has 5 aliphatic rings. The van der Waals surface area contributed by atoms with Crippen LogP contribution in [0.5, 0.6) is 11.5 Å². The summed E-state index contributed by atoms with van der Waals surface area (Å²) in [4.78, 5) is 5.21. The van der Waals surface area contributed by atoms with Crippen LogP contribution >= 0.6 is 11.8 Å². The topological polar surface area (TPSA) is 12.5 Å². The molecule has 2 spiro atoms. The van der Waals surface area contributed by atoms with Crippen LogP contribution in [0.4, 0.5) is 17.1 Å². The fraction of sp³-hybridized carbons (Fsp3) is 0.178. The first-order valence-electron chi connectivity index (χ1n) is 27.1. The molecule has 0 atom stereocenters. The second-order valence-electron chi connectivity index (χ2n) is 24.4. The van der Waals surface area contributed by atoms with Gasteiger partial charge in [0, 0.05) is 43.3 Å². The average molecular weight is 998 g/mol. The van der Waals surface area contributed by atoms with Crippen molar-refractivity contribution in [3.05, 3.63) is 279 Å². The van der Waals surface area contributed by atoms with Crippen LogP contribution in [0.25, 0.3) is 33.4 Å². The lowest BCUT2D eigenvalue weighted by atomic mass is 9.64. The van der Waals surface area contributed by atoms with Crippen molar-refractivity contribution in [1.29, 1.82) is 0 Å². The second-order valence-corrected chi connectivity index (χ2v) is 25.5. The molecular weight excluding hydrogens is 939 g/mol. The number of hydrogen-bond acceptors (Lipinski definition) is 3. The number of ether oxygens (including phenoxy) is 1. The van der Waals surface area contributed by atoms with E-state index in [1.54, 1.807) is 0 Å². The molecule has 368 valence electrons. The fourth-order valence-corrected chi connectivity index (χ4v) is 15.5.